The normalized spacial score (nSPS) is 24.4. The van der Waals surface area contributed by atoms with Gasteiger partial charge in [-0.15, -0.1) is 11.8 Å². The summed E-state index contributed by atoms with van der Waals surface area (Å²) < 4.78 is 24.5. The standard InChI is InChI=1S/C7H13NO4S2/c1-5(2)14(11,12)8-4-13-3-6(8)7(9)10/h5-6H,3-4H2,1-2H3,(H,9,10). The van der Waals surface area contributed by atoms with Gasteiger partial charge in [-0.2, -0.15) is 4.31 Å². The van der Waals surface area contributed by atoms with Gasteiger partial charge in [0.15, 0.2) is 0 Å². The SMILES string of the molecule is CC(C)S(=O)(=O)N1CSCC1C(=O)O. The zero-order valence-electron chi connectivity index (χ0n) is 8.00. The molecule has 0 aliphatic carbocycles. The van der Waals surface area contributed by atoms with Crippen LogP contribution in [0.1, 0.15) is 13.8 Å². The fourth-order valence-corrected chi connectivity index (χ4v) is 4.12. The Morgan fingerprint density at radius 2 is 2.14 bits per heavy atom. The van der Waals surface area contributed by atoms with Crippen LogP contribution in [-0.4, -0.2) is 46.7 Å². The Kier molecular flexibility index (Phi) is 3.44. The first kappa shape index (κ1) is 11.8. The molecule has 1 N–H and O–H groups in total. The lowest BCUT2D eigenvalue weighted by atomic mass is 10.4. The van der Waals surface area contributed by atoms with Crippen LogP contribution in [0.4, 0.5) is 0 Å². The van der Waals surface area contributed by atoms with E-state index >= 15 is 0 Å². The molecule has 14 heavy (non-hydrogen) atoms. The topological polar surface area (TPSA) is 74.7 Å². The maximum Gasteiger partial charge on any atom is 0.322 e. The molecule has 0 aromatic carbocycles. The highest BCUT2D eigenvalue weighted by Gasteiger charge is 2.40. The summed E-state index contributed by atoms with van der Waals surface area (Å²) in [6, 6.07) is -0.896. The minimum absolute atomic E-state index is 0.248. The van der Waals surface area contributed by atoms with Gasteiger partial charge in [-0.1, -0.05) is 0 Å². The van der Waals surface area contributed by atoms with Crippen LogP contribution in [-0.2, 0) is 14.8 Å². The molecule has 0 aromatic heterocycles. The molecule has 0 spiro atoms. The lowest BCUT2D eigenvalue weighted by Crippen LogP contribution is -2.44. The van der Waals surface area contributed by atoms with Crippen molar-refractivity contribution in [1.82, 2.24) is 4.31 Å². The molecule has 0 radical (unpaired) electrons. The number of carboxylic acids is 1. The second-order valence-corrected chi connectivity index (χ2v) is 6.78. The van der Waals surface area contributed by atoms with Gasteiger partial charge in [-0.3, -0.25) is 4.79 Å². The Morgan fingerprint density at radius 1 is 1.57 bits per heavy atom. The summed E-state index contributed by atoms with van der Waals surface area (Å²) in [7, 11) is -3.44. The maximum atomic E-state index is 11.7. The summed E-state index contributed by atoms with van der Waals surface area (Å²) >= 11 is 1.33. The predicted octanol–water partition coefficient (Wildman–Crippen LogP) is 0.184. The number of carbonyl (C=O) groups is 1. The Balaban J connectivity index is 2.93. The molecule has 0 aromatic rings. The van der Waals surface area contributed by atoms with Gasteiger partial charge in [-0.05, 0) is 13.8 Å². The van der Waals surface area contributed by atoms with Crippen molar-refractivity contribution in [2.75, 3.05) is 11.6 Å². The van der Waals surface area contributed by atoms with Gasteiger partial charge in [0.2, 0.25) is 10.0 Å². The number of aliphatic carboxylic acids is 1. The highest BCUT2D eigenvalue weighted by molar-refractivity contribution is 8.00. The van der Waals surface area contributed by atoms with Crippen molar-refractivity contribution in [3.8, 4) is 0 Å². The van der Waals surface area contributed by atoms with E-state index in [1.165, 1.54) is 11.8 Å². The highest BCUT2D eigenvalue weighted by Crippen LogP contribution is 2.26. The smallest absolute Gasteiger partial charge is 0.322 e. The zero-order valence-corrected chi connectivity index (χ0v) is 9.64. The molecule has 1 atom stereocenters. The van der Waals surface area contributed by atoms with Crippen molar-refractivity contribution < 1.29 is 18.3 Å². The number of hydrogen-bond acceptors (Lipinski definition) is 4. The molecule has 0 saturated carbocycles. The molecule has 0 bridgehead atoms. The first-order chi connectivity index (χ1) is 6.37. The average Bonchev–Trinajstić information content (AvgIpc) is 2.51. The van der Waals surface area contributed by atoms with E-state index in [4.69, 9.17) is 5.11 Å². The molecule has 0 amide bonds. The maximum absolute atomic E-state index is 11.7. The predicted molar refractivity (Wildman–Crippen MR) is 54.6 cm³/mol. The molecule has 1 aliphatic heterocycles. The van der Waals surface area contributed by atoms with E-state index in [0.717, 1.165) is 4.31 Å². The molecule has 7 heteroatoms. The molecule has 1 unspecified atom stereocenters. The lowest BCUT2D eigenvalue weighted by Gasteiger charge is -2.22. The molecule has 1 saturated heterocycles. The number of hydrogen-bond donors (Lipinski definition) is 1. The van der Waals surface area contributed by atoms with E-state index in [9.17, 15) is 13.2 Å². The second-order valence-electron chi connectivity index (χ2n) is 3.33. The van der Waals surface area contributed by atoms with Crippen molar-refractivity contribution >= 4 is 27.8 Å². The van der Waals surface area contributed by atoms with Gasteiger partial charge in [-0.25, -0.2) is 8.42 Å². The fourth-order valence-electron chi connectivity index (χ4n) is 1.14. The first-order valence-electron chi connectivity index (χ1n) is 4.18. The first-order valence-corrected chi connectivity index (χ1v) is 6.84. The lowest BCUT2D eigenvalue weighted by molar-refractivity contribution is -0.140. The van der Waals surface area contributed by atoms with Gasteiger partial charge in [0.05, 0.1) is 11.1 Å². The van der Waals surface area contributed by atoms with Gasteiger partial charge >= 0.3 is 5.97 Å². The second kappa shape index (κ2) is 4.08. The Morgan fingerprint density at radius 3 is 2.57 bits per heavy atom. The summed E-state index contributed by atoms with van der Waals surface area (Å²) in [5.41, 5.74) is 0. The third-order valence-corrected chi connectivity index (χ3v) is 5.45. The number of rotatable bonds is 3. The Labute approximate surface area is 87.5 Å². The minimum atomic E-state index is -3.44. The molecule has 1 rings (SSSR count). The third-order valence-electron chi connectivity index (χ3n) is 2.05. The van der Waals surface area contributed by atoms with Crippen LogP contribution in [0.15, 0.2) is 0 Å². The van der Waals surface area contributed by atoms with E-state index in [0.29, 0.717) is 5.75 Å². The quantitative estimate of drug-likeness (QED) is 0.760. The fraction of sp³-hybridized carbons (Fsp3) is 0.857. The number of nitrogens with zero attached hydrogens (tertiary/aromatic N) is 1. The summed E-state index contributed by atoms with van der Waals surface area (Å²) in [5.74, 6) is -0.488. The van der Waals surface area contributed by atoms with Crippen molar-refractivity contribution in [1.29, 1.82) is 0 Å². The van der Waals surface area contributed by atoms with Gasteiger partial charge < -0.3 is 5.11 Å². The molecule has 1 fully saturated rings. The van der Waals surface area contributed by atoms with E-state index in [2.05, 4.69) is 0 Å². The monoisotopic (exact) mass is 239 g/mol. The number of carboxylic acid groups (broad SMARTS) is 1. The summed E-state index contributed by atoms with van der Waals surface area (Å²) in [6.45, 7) is 3.11. The zero-order chi connectivity index (χ0) is 10.9. The summed E-state index contributed by atoms with van der Waals surface area (Å²) in [4.78, 5) is 10.8. The summed E-state index contributed by atoms with van der Waals surface area (Å²) in [6.07, 6.45) is 0. The van der Waals surface area contributed by atoms with Crippen LogP contribution in [0.2, 0.25) is 0 Å². The molecule has 82 valence electrons. The van der Waals surface area contributed by atoms with Gasteiger partial charge in [0.25, 0.3) is 0 Å². The van der Waals surface area contributed by atoms with E-state index in [1.807, 2.05) is 0 Å². The van der Waals surface area contributed by atoms with Crippen molar-refractivity contribution in [2.24, 2.45) is 0 Å². The van der Waals surface area contributed by atoms with Crippen molar-refractivity contribution in [3.63, 3.8) is 0 Å². The van der Waals surface area contributed by atoms with Crippen molar-refractivity contribution in [3.05, 3.63) is 0 Å². The van der Waals surface area contributed by atoms with E-state index < -0.39 is 27.3 Å². The highest BCUT2D eigenvalue weighted by atomic mass is 32.2. The average molecular weight is 239 g/mol. The largest absolute Gasteiger partial charge is 0.480 e. The minimum Gasteiger partial charge on any atom is -0.480 e. The van der Waals surface area contributed by atoms with Crippen LogP contribution < -0.4 is 0 Å². The van der Waals surface area contributed by atoms with E-state index in [-0.39, 0.29) is 5.88 Å². The van der Waals surface area contributed by atoms with E-state index in [1.54, 1.807) is 13.8 Å². The molecule has 5 nitrogen and oxygen atoms in total. The molecular formula is C7H13NO4S2. The van der Waals surface area contributed by atoms with Crippen LogP contribution in [0.5, 0.6) is 0 Å². The number of sulfonamides is 1. The molecule has 1 aliphatic rings. The van der Waals surface area contributed by atoms with Crippen LogP contribution in [0.3, 0.4) is 0 Å². The van der Waals surface area contributed by atoms with Crippen LogP contribution in [0, 0.1) is 0 Å². The van der Waals surface area contributed by atoms with Crippen LogP contribution >= 0.6 is 11.8 Å². The number of thioether (sulfide) groups is 1. The summed E-state index contributed by atoms with van der Waals surface area (Å²) in [5, 5.41) is 8.24. The molecular weight excluding hydrogens is 226 g/mol. The molecule has 1 heterocycles. The van der Waals surface area contributed by atoms with Gasteiger partial charge in [0.1, 0.15) is 6.04 Å². The van der Waals surface area contributed by atoms with Gasteiger partial charge in [0, 0.05) is 5.75 Å². The Hall–Kier alpha value is -0.270. The van der Waals surface area contributed by atoms with Crippen molar-refractivity contribution in [2.45, 2.75) is 25.1 Å². The third kappa shape index (κ3) is 2.04. The van der Waals surface area contributed by atoms with Crippen LogP contribution in [0.25, 0.3) is 0 Å². The Bertz CT molecular complexity index is 325.